The molecule has 0 bridgehead atoms. The predicted octanol–water partition coefficient (Wildman–Crippen LogP) is 3.49. The summed E-state index contributed by atoms with van der Waals surface area (Å²) < 4.78 is 2.24. The molecule has 0 amide bonds. The number of hydrogen-bond acceptors (Lipinski definition) is 1. The minimum atomic E-state index is 0.899. The highest BCUT2D eigenvalue weighted by Gasteiger charge is 2.19. The molecule has 0 saturated carbocycles. The standard InChI is InChI=1S/C16H12NS/c1-2-13-7-6-8-14-11-17(12-18-16(13)14)15-9-4-3-5-10-15/h1,3-11H,12H2/q+1. The Labute approximate surface area is 111 Å². The molecular formula is C16H12NS+. The van der Waals surface area contributed by atoms with Gasteiger partial charge in [0, 0.05) is 22.6 Å². The molecule has 0 fully saturated rings. The van der Waals surface area contributed by atoms with Gasteiger partial charge in [-0.05, 0) is 12.1 Å². The zero-order chi connectivity index (χ0) is 12.4. The van der Waals surface area contributed by atoms with Gasteiger partial charge in [-0.3, -0.25) is 0 Å². The zero-order valence-corrected chi connectivity index (χ0v) is 10.7. The van der Waals surface area contributed by atoms with E-state index < -0.39 is 0 Å². The van der Waals surface area contributed by atoms with E-state index in [4.69, 9.17) is 6.42 Å². The first-order valence-electron chi connectivity index (χ1n) is 5.77. The van der Waals surface area contributed by atoms with E-state index in [1.165, 1.54) is 16.1 Å². The van der Waals surface area contributed by atoms with Crippen molar-refractivity contribution in [2.45, 2.75) is 4.90 Å². The first-order chi connectivity index (χ1) is 8.88. The highest BCUT2D eigenvalue weighted by Crippen LogP contribution is 2.30. The van der Waals surface area contributed by atoms with Crippen molar-refractivity contribution in [1.29, 1.82) is 0 Å². The lowest BCUT2D eigenvalue weighted by Crippen LogP contribution is -2.13. The van der Waals surface area contributed by atoms with Gasteiger partial charge >= 0.3 is 0 Å². The van der Waals surface area contributed by atoms with Crippen LogP contribution >= 0.6 is 11.8 Å². The van der Waals surface area contributed by atoms with Crippen LogP contribution in [0.2, 0.25) is 0 Å². The molecule has 0 saturated heterocycles. The molecule has 2 heteroatoms. The maximum atomic E-state index is 5.53. The molecule has 1 heterocycles. The highest BCUT2D eigenvalue weighted by molar-refractivity contribution is 7.99. The lowest BCUT2D eigenvalue weighted by molar-refractivity contribution is -0.411. The summed E-state index contributed by atoms with van der Waals surface area (Å²) in [6.45, 7) is 0. The third kappa shape index (κ3) is 1.94. The van der Waals surface area contributed by atoms with Crippen molar-refractivity contribution in [3.8, 4) is 12.3 Å². The van der Waals surface area contributed by atoms with Crippen molar-refractivity contribution in [2.75, 3.05) is 5.88 Å². The average Bonchev–Trinajstić information content (AvgIpc) is 2.47. The van der Waals surface area contributed by atoms with Crippen molar-refractivity contribution in [3.05, 3.63) is 59.7 Å². The van der Waals surface area contributed by atoms with E-state index >= 15 is 0 Å². The van der Waals surface area contributed by atoms with Gasteiger partial charge < -0.3 is 0 Å². The van der Waals surface area contributed by atoms with Crippen LogP contribution in [0.4, 0.5) is 5.69 Å². The van der Waals surface area contributed by atoms with Gasteiger partial charge in [0.25, 0.3) is 0 Å². The summed E-state index contributed by atoms with van der Waals surface area (Å²) in [6, 6.07) is 16.5. The van der Waals surface area contributed by atoms with Crippen LogP contribution < -0.4 is 0 Å². The van der Waals surface area contributed by atoms with Gasteiger partial charge in [0.15, 0.2) is 12.1 Å². The molecule has 0 spiro atoms. The van der Waals surface area contributed by atoms with Crippen molar-refractivity contribution in [3.63, 3.8) is 0 Å². The van der Waals surface area contributed by atoms with Gasteiger partial charge in [-0.2, -0.15) is 4.58 Å². The number of fused-ring (bicyclic) bond motifs is 1. The fourth-order valence-corrected chi connectivity index (χ4v) is 3.10. The van der Waals surface area contributed by atoms with Gasteiger partial charge in [-0.25, -0.2) is 0 Å². The number of para-hydroxylation sites is 1. The summed E-state index contributed by atoms with van der Waals surface area (Å²) in [5.74, 6) is 3.65. The second-order valence-electron chi connectivity index (χ2n) is 4.08. The summed E-state index contributed by atoms with van der Waals surface area (Å²) in [7, 11) is 0. The summed E-state index contributed by atoms with van der Waals surface area (Å²) in [5.41, 5.74) is 3.40. The fraction of sp³-hybridized carbons (Fsp3) is 0.0625. The van der Waals surface area contributed by atoms with Crippen LogP contribution in [0.5, 0.6) is 0 Å². The Kier molecular flexibility index (Phi) is 2.92. The Morgan fingerprint density at radius 2 is 1.89 bits per heavy atom. The molecule has 86 valence electrons. The molecule has 0 radical (unpaired) electrons. The molecule has 0 atom stereocenters. The SMILES string of the molecule is C#Cc1cccc2c1SC[N+](c1ccccc1)=C2. The number of nitrogens with zero attached hydrogens (tertiary/aromatic N) is 1. The zero-order valence-electron chi connectivity index (χ0n) is 9.84. The topological polar surface area (TPSA) is 3.01 Å². The average molecular weight is 250 g/mol. The summed E-state index contributed by atoms with van der Waals surface area (Å²) in [6.07, 6.45) is 7.70. The third-order valence-corrected chi connectivity index (χ3v) is 4.08. The Bertz CT molecular complexity index is 651. The summed E-state index contributed by atoms with van der Waals surface area (Å²) in [5, 5.41) is 0. The Hall–Kier alpha value is -1.98. The number of rotatable bonds is 1. The molecule has 1 aliphatic rings. The number of thioether (sulfide) groups is 1. The van der Waals surface area contributed by atoms with E-state index in [2.05, 4.69) is 47.0 Å². The minimum Gasteiger partial charge on any atom is -0.188 e. The van der Waals surface area contributed by atoms with Gasteiger partial charge in [0.2, 0.25) is 5.69 Å². The lowest BCUT2D eigenvalue weighted by Gasteiger charge is -2.12. The molecule has 0 aromatic heterocycles. The number of hydrogen-bond donors (Lipinski definition) is 0. The van der Waals surface area contributed by atoms with Crippen molar-refractivity contribution in [2.24, 2.45) is 0 Å². The van der Waals surface area contributed by atoms with Gasteiger partial charge in [-0.1, -0.05) is 41.9 Å². The van der Waals surface area contributed by atoms with Crippen LogP contribution in [-0.4, -0.2) is 16.7 Å². The largest absolute Gasteiger partial charge is 0.205 e. The highest BCUT2D eigenvalue weighted by atomic mass is 32.2. The maximum Gasteiger partial charge on any atom is 0.205 e. The van der Waals surface area contributed by atoms with Crippen molar-refractivity contribution in [1.82, 2.24) is 0 Å². The first kappa shape index (κ1) is 11.1. The van der Waals surface area contributed by atoms with E-state index in [0.717, 1.165) is 11.4 Å². The number of benzene rings is 2. The molecular weight excluding hydrogens is 238 g/mol. The molecule has 2 aromatic rings. The smallest absolute Gasteiger partial charge is 0.188 e. The quantitative estimate of drug-likeness (QED) is 0.553. The van der Waals surface area contributed by atoms with Crippen molar-refractivity contribution >= 4 is 23.7 Å². The molecule has 0 aliphatic carbocycles. The minimum absolute atomic E-state index is 0.899. The van der Waals surface area contributed by atoms with Gasteiger partial charge in [-0.15, -0.1) is 6.42 Å². The third-order valence-electron chi connectivity index (χ3n) is 2.93. The Balaban J connectivity index is 2.08. The second-order valence-corrected chi connectivity index (χ2v) is 5.03. The summed E-state index contributed by atoms with van der Waals surface area (Å²) in [4.78, 5) is 1.21. The predicted molar refractivity (Wildman–Crippen MR) is 76.6 cm³/mol. The molecule has 1 nitrogen and oxygen atoms in total. The Morgan fingerprint density at radius 1 is 1.06 bits per heavy atom. The van der Waals surface area contributed by atoms with E-state index in [1.807, 2.05) is 18.2 Å². The molecule has 0 unspecified atom stereocenters. The molecule has 3 rings (SSSR count). The normalized spacial score (nSPS) is 13.4. The van der Waals surface area contributed by atoms with Crippen LogP contribution in [-0.2, 0) is 0 Å². The molecule has 0 N–H and O–H groups in total. The van der Waals surface area contributed by atoms with Crippen LogP contribution in [0.1, 0.15) is 11.1 Å². The molecule has 2 aromatic carbocycles. The van der Waals surface area contributed by atoms with Gasteiger partial charge in [0.1, 0.15) is 0 Å². The van der Waals surface area contributed by atoms with E-state index in [-0.39, 0.29) is 0 Å². The maximum absolute atomic E-state index is 5.53. The van der Waals surface area contributed by atoms with E-state index in [9.17, 15) is 0 Å². The fourth-order valence-electron chi connectivity index (χ4n) is 2.04. The van der Waals surface area contributed by atoms with Crippen LogP contribution in [0, 0.1) is 12.3 Å². The molecule has 18 heavy (non-hydrogen) atoms. The molecule has 1 aliphatic heterocycles. The van der Waals surface area contributed by atoms with Crippen LogP contribution in [0.25, 0.3) is 0 Å². The van der Waals surface area contributed by atoms with Crippen LogP contribution in [0.3, 0.4) is 0 Å². The van der Waals surface area contributed by atoms with Gasteiger partial charge in [0.05, 0.1) is 5.56 Å². The van der Waals surface area contributed by atoms with Crippen LogP contribution in [0.15, 0.2) is 53.4 Å². The first-order valence-corrected chi connectivity index (χ1v) is 6.76. The lowest BCUT2D eigenvalue weighted by atomic mass is 10.1. The van der Waals surface area contributed by atoms with E-state index in [1.54, 1.807) is 11.8 Å². The van der Waals surface area contributed by atoms with E-state index in [0.29, 0.717) is 0 Å². The number of terminal acetylenes is 1. The Morgan fingerprint density at radius 3 is 2.67 bits per heavy atom. The summed E-state index contributed by atoms with van der Waals surface area (Å²) >= 11 is 1.80. The second kappa shape index (κ2) is 4.72. The monoisotopic (exact) mass is 250 g/mol. The van der Waals surface area contributed by atoms with Crippen molar-refractivity contribution < 1.29 is 4.58 Å².